The normalized spacial score (nSPS) is 20.2. The first kappa shape index (κ1) is 14.9. The van der Waals surface area contributed by atoms with Crippen LogP contribution in [0.15, 0.2) is 29.8 Å². The third-order valence-corrected chi connectivity index (χ3v) is 4.11. The van der Waals surface area contributed by atoms with Crippen LogP contribution in [-0.2, 0) is 0 Å². The Kier molecular flexibility index (Phi) is 5.07. The Labute approximate surface area is 122 Å². The zero-order chi connectivity index (χ0) is 14.5. The van der Waals surface area contributed by atoms with Gasteiger partial charge in [-0.05, 0) is 45.0 Å². The van der Waals surface area contributed by atoms with Gasteiger partial charge in [-0.1, -0.05) is 11.6 Å². The third kappa shape index (κ3) is 3.34. The molecule has 1 saturated heterocycles. The highest BCUT2D eigenvalue weighted by Gasteiger charge is 2.26. The molecule has 110 valence electrons. The molecule has 1 aliphatic rings. The van der Waals surface area contributed by atoms with Crippen molar-refractivity contribution in [1.29, 1.82) is 0 Å². The second-order valence-electron chi connectivity index (χ2n) is 5.46. The lowest BCUT2D eigenvalue weighted by Gasteiger charge is -2.18. The van der Waals surface area contributed by atoms with Crippen LogP contribution >= 0.6 is 0 Å². The van der Waals surface area contributed by atoms with Gasteiger partial charge in [0.25, 0.3) is 0 Å². The van der Waals surface area contributed by atoms with E-state index in [9.17, 15) is 0 Å². The van der Waals surface area contributed by atoms with Gasteiger partial charge in [0.05, 0.1) is 14.2 Å². The summed E-state index contributed by atoms with van der Waals surface area (Å²) in [5, 5.41) is 0. The van der Waals surface area contributed by atoms with Gasteiger partial charge >= 0.3 is 0 Å². The summed E-state index contributed by atoms with van der Waals surface area (Å²) >= 11 is 0. The number of hydrogen-bond acceptors (Lipinski definition) is 3. The molecule has 0 saturated carbocycles. The van der Waals surface area contributed by atoms with Crippen molar-refractivity contribution in [1.82, 2.24) is 4.90 Å². The van der Waals surface area contributed by atoms with E-state index in [1.165, 1.54) is 17.6 Å². The molecule has 0 amide bonds. The van der Waals surface area contributed by atoms with Gasteiger partial charge in [0, 0.05) is 24.6 Å². The number of rotatable bonds is 5. The summed E-state index contributed by atoms with van der Waals surface area (Å²) in [6, 6.07) is 6.09. The van der Waals surface area contributed by atoms with Crippen molar-refractivity contribution in [3.05, 3.63) is 35.4 Å². The fourth-order valence-electron chi connectivity index (χ4n) is 2.83. The molecule has 20 heavy (non-hydrogen) atoms. The molecule has 0 bridgehead atoms. The molecular weight excluding hydrogens is 250 g/mol. The minimum absolute atomic E-state index is 0.532. The highest BCUT2D eigenvalue weighted by Crippen LogP contribution is 2.36. The third-order valence-electron chi connectivity index (χ3n) is 4.11. The minimum atomic E-state index is 0.532. The first-order chi connectivity index (χ1) is 9.67. The highest BCUT2D eigenvalue weighted by molar-refractivity contribution is 5.43. The van der Waals surface area contributed by atoms with Gasteiger partial charge in [-0.25, -0.2) is 0 Å². The molecule has 0 N–H and O–H groups in total. The Morgan fingerprint density at radius 3 is 2.80 bits per heavy atom. The molecule has 2 rings (SSSR count). The van der Waals surface area contributed by atoms with E-state index in [2.05, 4.69) is 30.9 Å². The predicted octanol–water partition coefficient (Wildman–Crippen LogP) is 3.46. The van der Waals surface area contributed by atoms with Crippen LogP contribution in [0.1, 0.15) is 31.7 Å². The number of nitrogens with zero attached hydrogens (tertiary/aromatic N) is 1. The van der Waals surface area contributed by atoms with Crippen molar-refractivity contribution in [2.45, 2.75) is 26.2 Å². The summed E-state index contributed by atoms with van der Waals surface area (Å²) in [4.78, 5) is 2.51. The molecule has 0 aromatic heterocycles. The molecule has 0 aliphatic carbocycles. The molecule has 0 radical (unpaired) electrons. The Bertz CT molecular complexity index is 482. The van der Waals surface area contributed by atoms with Crippen molar-refractivity contribution in [3.63, 3.8) is 0 Å². The van der Waals surface area contributed by atoms with Crippen LogP contribution in [-0.4, -0.2) is 38.8 Å². The maximum absolute atomic E-state index is 5.51. The van der Waals surface area contributed by atoms with Crippen LogP contribution in [0, 0.1) is 0 Å². The fourth-order valence-corrected chi connectivity index (χ4v) is 2.83. The summed E-state index contributed by atoms with van der Waals surface area (Å²) in [6.07, 6.45) is 3.37. The second-order valence-corrected chi connectivity index (χ2v) is 5.46. The van der Waals surface area contributed by atoms with E-state index in [0.29, 0.717) is 5.92 Å². The van der Waals surface area contributed by atoms with Crippen molar-refractivity contribution in [3.8, 4) is 11.5 Å². The SMILES string of the molecule is C/C=C(\C)CN1CCC(c2cc(OC)ccc2OC)C1. The second kappa shape index (κ2) is 6.80. The first-order valence-electron chi connectivity index (χ1n) is 7.24. The number of methoxy groups -OCH3 is 2. The quantitative estimate of drug-likeness (QED) is 0.768. The molecule has 1 aromatic rings. The smallest absolute Gasteiger partial charge is 0.122 e. The molecule has 1 aliphatic heterocycles. The van der Waals surface area contributed by atoms with E-state index >= 15 is 0 Å². The van der Waals surface area contributed by atoms with Crippen LogP contribution in [0.4, 0.5) is 0 Å². The standard InChI is InChI=1S/C17H25NO2/c1-5-13(2)11-18-9-8-14(12-18)16-10-15(19-3)6-7-17(16)20-4/h5-7,10,14H,8-9,11-12H2,1-4H3/b13-5+. The number of likely N-dealkylation sites (tertiary alicyclic amines) is 1. The monoisotopic (exact) mass is 275 g/mol. The number of allylic oxidation sites excluding steroid dienone is 1. The van der Waals surface area contributed by atoms with E-state index in [1.54, 1.807) is 14.2 Å². The minimum Gasteiger partial charge on any atom is -0.497 e. The zero-order valence-electron chi connectivity index (χ0n) is 13.0. The zero-order valence-corrected chi connectivity index (χ0v) is 13.0. The molecule has 1 fully saturated rings. The van der Waals surface area contributed by atoms with Crippen LogP contribution in [0.5, 0.6) is 11.5 Å². The van der Waals surface area contributed by atoms with Gasteiger partial charge in [0.15, 0.2) is 0 Å². The molecule has 1 heterocycles. The van der Waals surface area contributed by atoms with E-state index in [1.807, 2.05) is 12.1 Å². The first-order valence-corrected chi connectivity index (χ1v) is 7.24. The maximum atomic E-state index is 5.51. The van der Waals surface area contributed by atoms with Gasteiger partial charge < -0.3 is 9.47 Å². The number of benzene rings is 1. The van der Waals surface area contributed by atoms with Crippen LogP contribution in [0.2, 0.25) is 0 Å². The molecular formula is C17H25NO2. The van der Waals surface area contributed by atoms with Crippen LogP contribution in [0.25, 0.3) is 0 Å². The van der Waals surface area contributed by atoms with E-state index in [4.69, 9.17) is 9.47 Å². The molecule has 1 atom stereocenters. The predicted molar refractivity (Wildman–Crippen MR) is 82.8 cm³/mol. The topological polar surface area (TPSA) is 21.7 Å². The van der Waals surface area contributed by atoms with Crippen LogP contribution < -0.4 is 9.47 Å². The van der Waals surface area contributed by atoms with Gasteiger partial charge in [0.1, 0.15) is 11.5 Å². The Balaban J connectivity index is 2.12. The summed E-state index contributed by atoms with van der Waals surface area (Å²) in [7, 11) is 3.45. The van der Waals surface area contributed by atoms with Crippen molar-refractivity contribution >= 4 is 0 Å². The molecule has 0 spiro atoms. The Morgan fingerprint density at radius 1 is 1.35 bits per heavy atom. The van der Waals surface area contributed by atoms with Crippen molar-refractivity contribution < 1.29 is 9.47 Å². The molecule has 1 unspecified atom stereocenters. The fraction of sp³-hybridized carbons (Fsp3) is 0.529. The van der Waals surface area contributed by atoms with E-state index in [0.717, 1.165) is 31.1 Å². The lowest BCUT2D eigenvalue weighted by Crippen LogP contribution is -2.22. The molecule has 1 aromatic carbocycles. The molecule has 3 heteroatoms. The van der Waals surface area contributed by atoms with Crippen LogP contribution in [0.3, 0.4) is 0 Å². The van der Waals surface area contributed by atoms with Crippen molar-refractivity contribution in [2.75, 3.05) is 33.9 Å². The lowest BCUT2D eigenvalue weighted by molar-refractivity contribution is 0.359. The average Bonchev–Trinajstić information content (AvgIpc) is 2.94. The van der Waals surface area contributed by atoms with Gasteiger partial charge in [-0.3, -0.25) is 4.90 Å². The summed E-state index contributed by atoms with van der Waals surface area (Å²) < 4.78 is 10.9. The Hall–Kier alpha value is -1.48. The summed E-state index contributed by atoms with van der Waals surface area (Å²) in [6.45, 7) is 7.61. The summed E-state index contributed by atoms with van der Waals surface area (Å²) in [5.74, 6) is 2.41. The van der Waals surface area contributed by atoms with Gasteiger partial charge in [0.2, 0.25) is 0 Å². The van der Waals surface area contributed by atoms with E-state index in [-0.39, 0.29) is 0 Å². The largest absolute Gasteiger partial charge is 0.497 e. The maximum Gasteiger partial charge on any atom is 0.122 e. The number of ether oxygens (including phenoxy) is 2. The lowest BCUT2D eigenvalue weighted by atomic mass is 9.97. The van der Waals surface area contributed by atoms with E-state index < -0.39 is 0 Å². The number of hydrogen-bond donors (Lipinski definition) is 0. The van der Waals surface area contributed by atoms with Gasteiger partial charge in [-0.15, -0.1) is 0 Å². The highest BCUT2D eigenvalue weighted by atomic mass is 16.5. The Morgan fingerprint density at radius 2 is 2.15 bits per heavy atom. The molecule has 3 nitrogen and oxygen atoms in total. The van der Waals surface area contributed by atoms with Crippen molar-refractivity contribution in [2.24, 2.45) is 0 Å². The van der Waals surface area contributed by atoms with Gasteiger partial charge in [-0.2, -0.15) is 0 Å². The average molecular weight is 275 g/mol. The summed E-state index contributed by atoms with van der Waals surface area (Å²) in [5.41, 5.74) is 2.70.